The van der Waals surface area contributed by atoms with Crippen LogP contribution in [0, 0.1) is 0 Å². The molecule has 0 amide bonds. The van der Waals surface area contributed by atoms with Crippen molar-refractivity contribution in [3.63, 3.8) is 0 Å². The molecule has 0 fully saturated rings. The van der Waals surface area contributed by atoms with Gasteiger partial charge in [-0.15, -0.1) is 0 Å². The molecule has 5 nitrogen and oxygen atoms in total. The number of phenols is 1. The fourth-order valence-corrected chi connectivity index (χ4v) is 0.956. The molecule has 0 aliphatic rings. The molecule has 0 bridgehead atoms. The summed E-state index contributed by atoms with van der Waals surface area (Å²) < 4.78 is 4.82. The van der Waals surface area contributed by atoms with Crippen molar-refractivity contribution in [1.29, 1.82) is 0 Å². The summed E-state index contributed by atoms with van der Waals surface area (Å²) in [6.07, 6.45) is 0. The molecule has 0 atom stereocenters. The van der Waals surface area contributed by atoms with Crippen LogP contribution in [0.1, 0.15) is 0 Å². The molecule has 0 unspecified atom stereocenters. The highest BCUT2D eigenvalue weighted by molar-refractivity contribution is 5.54. The summed E-state index contributed by atoms with van der Waals surface area (Å²) in [4.78, 5) is 3.83. The Bertz CT molecular complexity index is 408. The lowest BCUT2D eigenvalue weighted by molar-refractivity contribution is 0.433. The van der Waals surface area contributed by atoms with Gasteiger partial charge in [0.05, 0.1) is 0 Å². The number of anilines is 1. The number of nitrogen functional groups attached to an aromatic ring is 1. The highest BCUT2D eigenvalue weighted by Gasteiger charge is 2.05. The molecule has 5 heteroatoms. The second-order valence-electron chi connectivity index (χ2n) is 2.50. The number of aromatic nitrogens is 2. The topological polar surface area (TPSA) is 85.2 Å². The third-order valence-electron chi connectivity index (χ3n) is 1.56. The lowest BCUT2D eigenvalue weighted by Crippen LogP contribution is -1.85. The maximum absolute atomic E-state index is 9.02. The monoisotopic (exact) mass is 177 g/mol. The molecule has 1 aromatic carbocycles. The van der Waals surface area contributed by atoms with Crippen LogP contribution in [0.25, 0.3) is 11.5 Å². The van der Waals surface area contributed by atoms with Gasteiger partial charge in [-0.2, -0.15) is 4.98 Å². The summed E-state index contributed by atoms with van der Waals surface area (Å²) in [6.45, 7) is 0. The predicted octanol–water partition coefficient (Wildman–Crippen LogP) is 1.02. The molecule has 2 rings (SSSR count). The van der Waals surface area contributed by atoms with Crippen LogP contribution in [0.4, 0.5) is 5.95 Å². The van der Waals surface area contributed by atoms with E-state index in [-0.39, 0.29) is 11.7 Å². The summed E-state index contributed by atoms with van der Waals surface area (Å²) in [7, 11) is 0. The summed E-state index contributed by atoms with van der Waals surface area (Å²) in [6, 6.07) is 6.41. The van der Waals surface area contributed by atoms with Crippen LogP contribution < -0.4 is 5.73 Å². The van der Waals surface area contributed by atoms with Gasteiger partial charge in [-0.3, -0.25) is 0 Å². The van der Waals surface area contributed by atoms with Crippen LogP contribution in [0.15, 0.2) is 28.8 Å². The van der Waals surface area contributed by atoms with E-state index in [2.05, 4.69) is 10.1 Å². The van der Waals surface area contributed by atoms with Gasteiger partial charge >= 0.3 is 0 Å². The molecule has 66 valence electrons. The van der Waals surface area contributed by atoms with Crippen molar-refractivity contribution >= 4 is 5.95 Å². The van der Waals surface area contributed by atoms with Crippen molar-refractivity contribution in [1.82, 2.24) is 10.1 Å². The Labute approximate surface area is 73.8 Å². The zero-order valence-corrected chi connectivity index (χ0v) is 6.64. The number of benzene rings is 1. The summed E-state index contributed by atoms with van der Waals surface area (Å²) in [5.74, 6) is 0.636. The Morgan fingerprint density at radius 1 is 1.23 bits per heavy atom. The van der Waals surface area contributed by atoms with Crippen LogP contribution in [-0.4, -0.2) is 15.2 Å². The smallest absolute Gasteiger partial charge is 0.261 e. The minimum Gasteiger partial charge on any atom is -0.508 e. The van der Waals surface area contributed by atoms with Crippen molar-refractivity contribution in [2.45, 2.75) is 0 Å². The molecule has 0 aliphatic heterocycles. The summed E-state index contributed by atoms with van der Waals surface area (Å²) in [5.41, 5.74) is 6.00. The van der Waals surface area contributed by atoms with E-state index >= 15 is 0 Å². The molecular formula is C8H7N3O2. The number of rotatable bonds is 1. The molecule has 0 aliphatic carbocycles. The number of hydrogen-bond acceptors (Lipinski definition) is 5. The van der Waals surface area contributed by atoms with Crippen LogP contribution in [0.2, 0.25) is 0 Å². The first-order chi connectivity index (χ1) is 6.25. The minimum atomic E-state index is 0.100. The van der Waals surface area contributed by atoms with E-state index in [0.29, 0.717) is 5.89 Å². The fourth-order valence-electron chi connectivity index (χ4n) is 0.956. The second-order valence-corrected chi connectivity index (χ2v) is 2.50. The predicted molar refractivity (Wildman–Crippen MR) is 45.8 cm³/mol. The second kappa shape index (κ2) is 2.78. The normalized spacial score (nSPS) is 10.2. The third-order valence-corrected chi connectivity index (χ3v) is 1.56. The Hall–Kier alpha value is -2.04. The maximum atomic E-state index is 9.02. The van der Waals surface area contributed by atoms with E-state index in [9.17, 15) is 0 Å². The van der Waals surface area contributed by atoms with E-state index < -0.39 is 0 Å². The lowest BCUT2D eigenvalue weighted by atomic mass is 10.2. The first-order valence-electron chi connectivity index (χ1n) is 3.64. The quantitative estimate of drug-likeness (QED) is 0.679. The van der Waals surface area contributed by atoms with Crippen molar-refractivity contribution < 1.29 is 9.63 Å². The Morgan fingerprint density at radius 2 is 1.92 bits per heavy atom. The number of nitrogens with two attached hydrogens (primary N) is 1. The molecule has 1 aromatic heterocycles. The van der Waals surface area contributed by atoms with Crippen molar-refractivity contribution in [3.8, 4) is 17.2 Å². The standard InChI is InChI=1S/C8H7N3O2/c9-8-10-7(13-11-8)5-1-3-6(12)4-2-5/h1-4,12H,(H2,9,11). The number of hydrogen-bond donors (Lipinski definition) is 2. The van der Waals surface area contributed by atoms with Crippen LogP contribution in [0.3, 0.4) is 0 Å². The van der Waals surface area contributed by atoms with Crippen LogP contribution >= 0.6 is 0 Å². The molecule has 3 N–H and O–H groups in total. The molecule has 0 radical (unpaired) electrons. The maximum Gasteiger partial charge on any atom is 0.261 e. The van der Waals surface area contributed by atoms with Gasteiger partial charge in [0, 0.05) is 5.56 Å². The SMILES string of the molecule is Nc1noc(-c2ccc(O)cc2)n1. The number of aromatic hydroxyl groups is 1. The number of phenolic OH excluding ortho intramolecular Hbond substituents is 1. The Balaban J connectivity index is 2.41. The molecule has 0 spiro atoms. The van der Waals surface area contributed by atoms with Crippen LogP contribution in [-0.2, 0) is 0 Å². The average molecular weight is 177 g/mol. The first-order valence-corrected chi connectivity index (χ1v) is 3.64. The van der Waals surface area contributed by atoms with Gasteiger partial charge in [-0.05, 0) is 29.4 Å². The highest BCUT2D eigenvalue weighted by Crippen LogP contribution is 2.19. The van der Waals surface area contributed by atoms with Crippen molar-refractivity contribution in [2.75, 3.05) is 5.73 Å². The third kappa shape index (κ3) is 1.44. The van der Waals surface area contributed by atoms with Gasteiger partial charge < -0.3 is 15.4 Å². The molecule has 1 heterocycles. The van der Waals surface area contributed by atoms with E-state index in [1.54, 1.807) is 12.1 Å². The van der Waals surface area contributed by atoms with Gasteiger partial charge in [0.2, 0.25) is 0 Å². The van der Waals surface area contributed by atoms with E-state index in [1.165, 1.54) is 12.1 Å². The van der Waals surface area contributed by atoms with E-state index in [1.807, 2.05) is 0 Å². The Morgan fingerprint density at radius 3 is 2.46 bits per heavy atom. The Kier molecular flexibility index (Phi) is 1.63. The highest BCUT2D eigenvalue weighted by atomic mass is 16.5. The summed E-state index contributed by atoms with van der Waals surface area (Å²) in [5, 5.41) is 12.5. The van der Waals surface area contributed by atoms with Crippen LogP contribution in [0.5, 0.6) is 5.75 Å². The zero-order valence-electron chi connectivity index (χ0n) is 6.64. The summed E-state index contributed by atoms with van der Waals surface area (Å²) >= 11 is 0. The molecule has 2 aromatic rings. The van der Waals surface area contributed by atoms with Crippen molar-refractivity contribution in [3.05, 3.63) is 24.3 Å². The molecule has 13 heavy (non-hydrogen) atoms. The molecule has 0 saturated carbocycles. The van der Waals surface area contributed by atoms with Gasteiger partial charge in [0.25, 0.3) is 11.8 Å². The fraction of sp³-hybridized carbons (Fsp3) is 0. The minimum absolute atomic E-state index is 0.100. The largest absolute Gasteiger partial charge is 0.508 e. The lowest BCUT2D eigenvalue weighted by Gasteiger charge is -1.93. The van der Waals surface area contributed by atoms with Gasteiger partial charge in [-0.25, -0.2) is 0 Å². The van der Waals surface area contributed by atoms with Gasteiger partial charge in [0.15, 0.2) is 0 Å². The zero-order chi connectivity index (χ0) is 9.26. The average Bonchev–Trinajstić information content (AvgIpc) is 2.53. The van der Waals surface area contributed by atoms with Crippen molar-refractivity contribution in [2.24, 2.45) is 0 Å². The van der Waals surface area contributed by atoms with E-state index in [4.69, 9.17) is 15.4 Å². The van der Waals surface area contributed by atoms with Gasteiger partial charge in [0.1, 0.15) is 5.75 Å². The van der Waals surface area contributed by atoms with E-state index in [0.717, 1.165) is 5.56 Å². The van der Waals surface area contributed by atoms with Gasteiger partial charge in [-0.1, -0.05) is 0 Å². The molecular weight excluding hydrogens is 170 g/mol. The first kappa shape index (κ1) is 7.60. The molecule has 0 saturated heterocycles. The number of nitrogens with zero attached hydrogens (tertiary/aromatic N) is 2.